The van der Waals surface area contributed by atoms with E-state index in [0.29, 0.717) is 17.1 Å². The van der Waals surface area contributed by atoms with E-state index in [4.69, 9.17) is 0 Å². The molecule has 0 spiro atoms. The van der Waals surface area contributed by atoms with Gasteiger partial charge in [-0.25, -0.2) is 0 Å². The van der Waals surface area contributed by atoms with Crippen molar-refractivity contribution in [2.75, 3.05) is 10.4 Å². The average Bonchev–Trinajstić information content (AvgIpc) is 2.69. The van der Waals surface area contributed by atoms with Crippen molar-refractivity contribution in [3.8, 4) is 11.3 Å². The summed E-state index contributed by atoms with van der Waals surface area (Å²) in [6.07, 6.45) is 0. The molecule has 1 aliphatic rings. The lowest BCUT2D eigenvalue weighted by Gasteiger charge is -2.26. The third-order valence-corrected chi connectivity index (χ3v) is 3.91. The first-order valence-electron chi connectivity index (χ1n) is 7.96. The van der Waals surface area contributed by atoms with E-state index >= 15 is 0 Å². The lowest BCUT2D eigenvalue weighted by Crippen LogP contribution is -2.42. The van der Waals surface area contributed by atoms with Crippen molar-refractivity contribution in [3.05, 3.63) is 75.1 Å². The summed E-state index contributed by atoms with van der Waals surface area (Å²) in [6, 6.07) is 14.8. The average molecular weight is 363 g/mol. The first-order valence-corrected chi connectivity index (χ1v) is 7.96. The zero-order valence-electron chi connectivity index (χ0n) is 14.1. The van der Waals surface area contributed by atoms with Crippen LogP contribution in [0.5, 0.6) is 0 Å². The maximum Gasteiger partial charge on any atom is 0.300 e. The molecule has 134 valence electrons. The van der Waals surface area contributed by atoms with Crippen molar-refractivity contribution >= 4 is 23.2 Å². The number of aromatic nitrogens is 3. The summed E-state index contributed by atoms with van der Waals surface area (Å²) in [6.45, 7) is 1.69. The maximum absolute atomic E-state index is 12.9. The van der Waals surface area contributed by atoms with E-state index in [1.54, 1.807) is 19.1 Å². The third-order valence-electron chi connectivity index (χ3n) is 3.91. The van der Waals surface area contributed by atoms with Gasteiger partial charge >= 0.3 is 5.56 Å². The van der Waals surface area contributed by atoms with E-state index in [0.717, 1.165) is 0 Å². The predicted molar refractivity (Wildman–Crippen MR) is 99.4 cm³/mol. The highest BCUT2D eigenvalue weighted by Crippen LogP contribution is 2.27. The van der Waals surface area contributed by atoms with Crippen LogP contribution in [0.1, 0.15) is 6.92 Å². The van der Waals surface area contributed by atoms with E-state index in [1.807, 2.05) is 18.2 Å². The number of nitrogens with one attached hydrogen (secondary N) is 1. The SMILES string of the molecule is CC1=NN(c2ccc([N+](=O)[O-])cc2)c2nnc(-c3ccccc3)c(=O)n2N1. The monoisotopic (exact) mass is 363 g/mol. The molecule has 2 heterocycles. The van der Waals surface area contributed by atoms with Crippen molar-refractivity contribution in [1.82, 2.24) is 14.9 Å². The largest absolute Gasteiger partial charge is 0.300 e. The summed E-state index contributed by atoms with van der Waals surface area (Å²) in [5, 5.41) is 24.8. The Kier molecular flexibility index (Phi) is 3.84. The first-order chi connectivity index (χ1) is 13.0. The van der Waals surface area contributed by atoms with Gasteiger partial charge in [0.15, 0.2) is 5.69 Å². The molecule has 0 fully saturated rings. The van der Waals surface area contributed by atoms with Gasteiger partial charge in [0.1, 0.15) is 5.84 Å². The van der Waals surface area contributed by atoms with Gasteiger partial charge < -0.3 is 0 Å². The summed E-state index contributed by atoms with van der Waals surface area (Å²) in [4.78, 5) is 23.3. The Labute approximate surface area is 152 Å². The number of hydrogen-bond donors (Lipinski definition) is 1. The Balaban J connectivity index is 1.82. The molecule has 0 unspecified atom stereocenters. The summed E-state index contributed by atoms with van der Waals surface area (Å²) < 4.78 is 1.25. The predicted octanol–water partition coefficient (Wildman–Crippen LogP) is 2.24. The van der Waals surface area contributed by atoms with Crippen LogP contribution in [-0.4, -0.2) is 25.6 Å². The number of nitro groups is 1. The van der Waals surface area contributed by atoms with Crippen LogP contribution in [0, 0.1) is 10.1 Å². The Hall–Kier alpha value is -4.08. The van der Waals surface area contributed by atoms with Gasteiger partial charge in [0.25, 0.3) is 11.6 Å². The molecule has 1 N–H and O–H groups in total. The van der Waals surface area contributed by atoms with Gasteiger partial charge in [-0.1, -0.05) is 30.3 Å². The van der Waals surface area contributed by atoms with Crippen molar-refractivity contribution < 1.29 is 4.92 Å². The van der Waals surface area contributed by atoms with E-state index in [1.165, 1.54) is 34.0 Å². The van der Waals surface area contributed by atoms with Gasteiger partial charge in [0, 0.05) is 17.7 Å². The number of hydrogen-bond acceptors (Lipinski definition) is 8. The molecule has 0 amide bonds. The highest BCUT2D eigenvalue weighted by atomic mass is 16.6. The van der Waals surface area contributed by atoms with Crippen molar-refractivity contribution in [2.45, 2.75) is 6.92 Å². The molecule has 10 nitrogen and oxygen atoms in total. The Morgan fingerprint density at radius 3 is 2.41 bits per heavy atom. The van der Waals surface area contributed by atoms with Gasteiger partial charge in [0.05, 0.1) is 10.6 Å². The Morgan fingerprint density at radius 1 is 1.04 bits per heavy atom. The maximum atomic E-state index is 12.9. The number of anilines is 2. The number of amidine groups is 1. The van der Waals surface area contributed by atoms with E-state index in [2.05, 4.69) is 20.7 Å². The number of benzene rings is 2. The van der Waals surface area contributed by atoms with Gasteiger partial charge in [0.2, 0.25) is 0 Å². The molecular weight excluding hydrogens is 350 g/mol. The molecule has 3 aromatic rings. The van der Waals surface area contributed by atoms with Crippen LogP contribution in [0.3, 0.4) is 0 Å². The van der Waals surface area contributed by atoms with Crippen molar-refractivity contribution in [3.63, 3.8) is 0 Å². The molecule has 1 aromatic heterocycles. The molecule has 4 rings (SSSR count). The molecular formula is C17H13N7O3. The number of nitro benzene ring substituents is 1. The molecule has 0 aliphatic carbocycles. The lowest BCUT2D eigenvalue weighted by molar-refractivity contribution is -0.384. The molecule has 0 atom stereocenters. The minimum Gasteiger partial charge on any atom is -0.274 e. The minimum absolute atomic E-state index is 0.0440. The highest BCUT2D eigenvalue weighted by molar-refractivity contribution is 5.90. The quantitative estimate of drug-likeness (QED) is 0.560. The summed E-state index contributed by atoms with van der Waals surface area (Å²) in [7, 11) is 0. The van der Waals surface area contributed by atoms with Gasteiger partial charge in [-0.15, -0.1) is 10.2 Å². The standard InChI is InChI=1S/C17H13N7O3/c1-11-20-22(13-7-9-14(10-8-13)24(26)27)17-19-18-15(16(25)23(17)21-11)12-5-3-2-4-6-12/h2-10H,1H3,(H,20,21). The second-order valence-electron chi connectivity index (χ2n) is 5.74. The molecule has 1 aliphatic heterocycles. The number of rotatable bonds is 3. The molecule has 0 saturated heterocycles. The fourth-order valence-electron chi connectivity index (χ4n) is 2.66. The molecule has 0 saturated carbocycles. The fourth-order valence-corrected chi connectivity index (χ4v) is 2.66. The number of non-ortho nitro benzene ring substituents is 1. The van der Waals surface area contributed by atoms with Crippen LogP contribution in [0.2, 0.25) is 0 Å². The van der Waals surface area contributed by atoms with Crippen LogP contribution < -0.4 is 16.0 Å². The molecule has 0 bridgehead atoms. The topological polar surface area (TPSA) is 119 Å². The minimum atomic E-state index is -0.486. The zero-order chi connectivity index (χ0) is 19.0. The molecule has 0 radical (unpaired) electrons. The van der Waals surface area contributed by atoms with Crippen LogP contribution in [0.15, 0.2) is 64.5 Å². The molecule has 10 heteroatoms. The van der Waals surface area contributed by atoms with Gasteiger partial charge in [-0.05, 0) is 19.1 Å². The lowest BCUT2D eigenvalue weighted by atomic mass is 10.2. The number of hydrazone groups is 1. The van der Waals surface area contributed by atoms with Crippen LogP contribution in [-0.2, 0) is 0 Å². The summed E-state index contributed by atoms with van der Waals surface area (Å²) in [5.74, 6) is 0.606. The summed E-state index contributed by atoms with van der Waals surface area (Å²) >= 11 is 0. The van der Waals surface area contributed by atoms with Gasteiger partial charge in [-0.3, -0.25) is 20.3 Å². The normalized spacial score (nSPS) is 12.8. The number of fused-ring (bicyclic) bond motifs is 1. The second kappa shape index (κ2) is 6.33. The van der Waals surface area contributed by atoms with Crippen molar-refractivity contribution in [1.29, 1.82) is 0 Å². The first kappa shape index (κ1) is 16.4. The smallest absolute Gasteiger partial charge is 0.274 e. The second-order valence-corrected chi connectivity index (χ2v) is 5.74. The Morgan fingerprint density at radius 2 is 1.74 bits per heavy atom. The highest BCUT2D eigenvalue weighted by Gasteiger charge is 2.24. The van der Waals surface area contributed by atoms with Crippen molar-refractivity contribution in [2.24, 2.45) is 5.10 Å². The Bertz CT molecular complexity index is 1110. The third kappa shape index (κ3) is 2.88. The number of nitrogens with zero attached hydrogens (tertiary/aromatic N) is 6. The van der Waals surface area contributed by atoms with Gasteiger partial charge in [-0.2, -0.15) is 14.8 Å². The molecule has 2 aromatic carbocycles. The van der Waals surface area contributed by atoms with E-state index in [-0.39, 0.29) is 22.9 Å². The summed E-state index contributed by atoms with van der Waals surface area (Å²) in [5.41, 5.74) is 3.80. The zero-order valence-corrected chi connectivity index (χ0v) is 14.1. The van der Waals surface area contributed by atoms with Crippen LogP contribution in [0.4, 0.5) is 17.3 Å². The fraction of sp³-hybridized carbons (Fsp3) is 0.0588. The molecule has 27 heavy (non-hydrogen) atoms. The van der Waals surface area contributed by atoms with E-state index in [9.17, 15) is 14.9 Å². The van der Waals surface area contributed by atoms with E-state index < -0.39 is 4.92 Å². The van der Waals surface area contributed by atoms with Crippen LogP contribution >= 0.6 is 0 Å². The van der Waals surface area contributed by atoms with Crippen LogP contribution in [0.25, 0.3) is 11.3 Å².